The summed E-state index contributed by atoms with van der Waals surface area (Å²) in [4.78, 5) is 0. The molecule has 0 atom stereocenters. The van der Waals surface area contributed by atoms with Crippen LogP contribution in [0.3, 0.4) is 0 Å². The number of halogens is 1. The molecule has 0 aliphatic heterocycles. The minimum Gasteiger partial charge on any atom is -0.0683 e. The lowest BCUT2D eigenvalue weighted by Crippen LogP contribution is -1.74. The summed E-state index contributed by atoms with van der Waals surface area (Å²) in [5.41, 5.74) is 1.31. The van der Waals surface area contributed by atoms with E-state index >= 15 is 0 Å². The summed E-state index contributed by atoms with van der Waals surface area (Å²) in [6.45, 7) is 6.11. The lowest BCUT2D eigenvalue weighted by atomic mass is 10.1. The molecule has 14 heavy (non-hydrogen) atoms. The van der Waals surface area contributed by atoms with Gasteiger partial charge in [0.15, 0.2) is 0 Å². The Balaban J connectivity index is 0.000000461. The predicted molar refractivity (Wildman–Crippen MR) is 67.7 cm³/mol. The largest absolute Gasteiger partial charge is 0.0683 e. The van der Waals surface area contributed by atoms with E-state index in [4.69, 9.17) is 0 Å². The molecule has 0 amide bonds. The van der Waals surface area contributed by atoms with Gasteiger partial charge in [-0.15, -0.1) is 0 Å². The van der Waals surface area contributed by atoms with Crippen LogP contribution in [-0.2, 0) is 0 Å². The van der Waals surface area contributed by atoms with Gasteiger partial charge in [0.2, 0.25) is 0 Å². The Bertz CT molecular complexity index is 377. The highest BCUT2D eigenvalue weighted by Crippen LogP contribution is 2.20. The van der Waals surface area contributed by atoms with Gasteiger partial charge in [-0.3, -0.25) is 0 Å². The van der Waals surface area contributed by atoms with Crippen LogP contribution in [0.25, 0.3) is 10.8 Å². The minimum absolute atomic E-state index is 1.14. The highest BCUT2D eigenvalue weighted by atomic mass is 79.9. The summed E-state index contributed by atoms with van der Waals surface area (Å²) in [6, 6.07) is 12.8. The molecule has 2 aromatic rings. The van der Waals surface area contributed by atoms with E-state index in [9.17, 15) is 0 Å². The van der Waals surface area contributed by atoms with Gasteiger partial charge in [-0.25, -0.2) is 0 Å². The molecule has 0 fully saturated rings. The molecule has 2 aromatic carbocycles. The Kier molecular flexibility index (Phi) is 4.15. The molecule has 0 spiro atoms. The molecule has 0 saturated carbocycles. The lowest BCUT2D eigenvalue weighted by Gasteiger charge is -1.99. The highest BCUT2D eigenvalue weighted by Gasteiger charge is 1.93. The van der Waals surface area contributed by atoms with Gasteiger partial charge in [-0.05, 0) is 29.8 Å². The van der Waals surface area contributed by atoms with Crippen LogP contribution >= 0.6 is 15.9 Å². The van der Waals surface area contributed by atoms with Gasteiger partial charge in [0.05, 0.1) is 0 Å². The van der Waals surface area contributed by atoms with E-state index in [0.29, 0.717) is 0 Å². The molecular weight excluding hydrogens is 236 g/mol. The Hall–Kier alpha value is -0.820. The number of aryl methyl sites for hydroxylation is 1. The molecule has 74 valence electrons. The first-order valence-electron chi connectivity index (χ1n) is 4.92. The van der Waals surface area contributed by atoms with E-state index < -0.39 is 0 Å². The van der Waals surface area contributed by atoms with Crippen LogP contribution in [0.1, 0.15) is 19.4 Å². The van der Waals surface area contributed by atoms with Gasteiger partial charge >= 0.3 is 0 Å². The van der Waals surface area contributed by atoms with Crippen molar-refractivity contribution in [3.63, 3.8) is 0 Å². The molecule has 0 aromatic heterocycles. The fourth-order valence-corrected chi connectivity index (χ4v) is 1.71. The summed E-state index contributed by atoms with van der Waals surface area (Å²) >= 11 is 3.45. The minimum atomic E-state index is 1.14. The summed E-state index contributed by atoms with van der Waals surface area (Å²) < 4.78 is 1.14. The second-order valence-corrected chi connectivity index (χ2v) is 3.91. The average Bonchev–Trinajstić information content (AvgIpc) is 2.21. The second kappa shape index (κ2) is 5.16. The van der Waals surface area contributed by atoms with Crippen LogP contribution in [0, 0.1) is 6.92 Å². The van der Waals surface area contributed by atoms with Crippen molar-refractivity contribution < 1.29 is 0 Å². The molecule has 0 unspecified atom stereocenters. The molecule has 0 nitrogen and oxygen atoms in total. The van der Waals surface area contributed by atoms with E-state index in [2.05, 4.69) is 59.3 Å². The summed E-state index contributed by atoms with van der Waals surface area (Å²) in [5.74, 6) is 0. The zero-order valence-corrected chi connectivity index (χ0v) is 10.4. The van der Waals surface area contributed by atoms with Crippen LogP contribution in [0.2, 0.25) is 0 Å². The third-order valence-electron chi connectivity index (χ3n) is 1.96. The maximum Gasteiger partial charge on any atom is 0.0181 e. The summed E-state index contributed by atoms with van der Waals surface area (Å²) in [5, 5.41) is 2.59. The normalized spacial score (nSPS) is 9.43. The van der Waals surface area contributed by atoms with E-state index in [-0.39, 0.29) is 0 Å². The number of rotatable bonds is 0. The third kappa shape index (κ3) is 2.58. The molecule has 2 rings (SSSR count). The molecule has 0 radical (unpaired) electrons. The van der Waals surface area contributed by atoms with Gasteiger partial charge in [-0.1, -0.05) is 59.6 Å². The van der Waals surface area contributed by atoms with Gasteiger partial charge in [-0.2, -0.15) is 0 Å². The van der Waals surface area contributed by atoms with Crippen molar-refractivity contribution in [2.45, 2.75) is 20.8 Å². The highest BCUT2D eigenvalue weighted by molar-refractivity contribution is 9.10. The van der Waals surface area contributed by atoms with Crippen molar-refractivity contribution >= 4 is 26.7 Å². The Morgan fingerprint density at radius 1 is 0.857 bits per heavy atom. The fraction of sp³-hybridized carbons (Fsp3) is 0.231. The third-order valence-corrected chi connectivity index (χ3v) is 2.45. The summed E-state index contributed by atoms with van der Waals surface area (Å²) in [7, 11) is 0. The van der Waals surface area contributed by atoms with Crippen molar-refractivity contribution in [1.29, 1.82) is 0 Å². The van der Waals surface area contributed by atoms with Crippen LogP contribution in [-0.4, -0.2) is 0 Å². The zero-order chi connectivity index (χ0) is 10.6. The monoisotopic (exact) mass is 250 g/mol. The summed E-state index contributed by atoms with van der Waals surface area (Å²) in [6.07, 6.45) is 0. The van der Waals surface area contributed by atoms with Crippen molar-refractivity contribution in [3.05, 3.63) is 46.4 Å². The lowest BCUT2D eigenvalue weighted by molar-refractivity contribution is 1.50. The topological polar surface area (TPSA) is 0 Å². The number of benzene rings is 2. The van der Waals surface area contributed by atoms with Crippen molar-refractivity contribution in [1.82, 2.24) is 0 Å². The van der Waals surface area contributed by atoms with Crippen molar-refractivity contribution in [3.8, 4) is 0 Å². The molecule has 0 bridgehead atoms. The second-order valence-electron chi connectivity index (χ2n) is 2.99. The van der Waals surface area contributed by atoms with E-state index in [1.807, 2.05) is 13.8 Å². The predicted octanol–water partition coefficient (Wildman–Crippen LogP) is 4.94. The SMILES string of the molecule is CC.Cc1ccc2cc(Br)ccc2c1. The first-order chi connectivity index (χ1) is 6.75. The Morgan fingerprint density at radius 2 is 1.43 bits per heavy atom. The maximum absolute atomic E-state index is 3.45. The van der Waals surface area contributed by atoms with Gasteiger partial charge in [0.1, 0.15) is 0 Å². The molecule has 1 heteroatoms. The van der Waals surface area contributed by atoms with Crippen LogP contribution in [0.4, 0.5) is 0 Å². The van der Waals surface area contributed by atoms with Crippen LogP contribution in [0.15, 0.2) is 40.9 Å². The van der Waals surface area contributed by atoms with Crippen molar-refractivity contribution in [2.75, 3.05) is 0 Å². The first-order valence-corrected chi connectivity index (χ1v) is 5.71. The number of fused-ring (bicyclic) bond motifs is 1. The smallest absolute Gasteiger partial charge is 0.0181 e. The number of hydrogen-bond acceptors (Lipinski definition) is 0. The van der Waals surface area contributed by atoms with Crippen LogP contribution in [0.5, 0.6) is 0 Å². The van der Waals surface area contributed by atoms with E-state index in [1.165, 1.54) is 16.3 Å². The Morgan fingerprint density at radius 3 is 2.14 bits per heavy atom. The van der Waals surface area contributed by atoms with Gasteiger partial charge in [0, 0.05) is 4.47 Å². The standard InChI is InChI=1S/C11H9Br.C2H6/c1-8-2-3-10-7-11(12)5-4-9(10)6-8;1-2/h2-7H,1H3;1-2H3. The molecule has 0 aliphatic rings. The number of hydrogen-bond donors (Lipinski definition) is 0. The molecular formula is C13H15Br. The van der Waals surface area contributed by atoms with Crippen molar-refractivity contribution in [2.24, 2.45) is 0 Å². The van der Waals surface area contributed by atoms with Crippen LogP contribution < -0.4 is 0 Å². The molecule has 0 saturated heterocycles. The first kappa shape index (κ1) is 11.3. The van der Waals surface area contributed by atoms with Gasteiger partial charge < -0.3 is 0 Å². The molecule has 0 heterocycles. The average molecular weight is 251 g/mol. The molecule has 0 N–H and O–H groups in total. The zero-order valence-electron chi connectivity index (χ0n) is 8.84. The quantitative estimate of drug-likeness (QED) is 0.622. The van der Waals surface area contributed by atoms with Gasteiger partial charge in [0.25, 0.3) is 0 Å². The Labute approximate surface area is 94.1 Å². The molecule has 0 aliphatic carbocycles. The van der Waals surface area contributed by atoms with E-state index in [1.54, 1.807) is 0 Å². The fourth-order valence-electron chi connectivity index (χ4n) is 1.34. The van der Waals surface area contributed by atoms with E-state index in [0.717, 1.165) is 4.47 Å². The maximum atomic E-state index is 3.45.